The van der Waals surface area contributed by atoms with Gasteiger partial charge in [0.05, 0.1) is 12.6 Å². The second-order valence-electron chi connectivity index (χ2n) is 4.85. The second kappa shape index (κ2) is 4.47. The van der Waals surface area contributed by atoms with Crippen LogP contribution in [0.3, 0.4) is 0 Å². The fraction of sp³-hybridized carbons (Fsp3) is 0.636. The predicted molar refractivity (Wildman–Crippen MR) is 55.6 cm³/mol. The maximum atomic E-state index is 10.3. The Morgan fingerprint density at radius 2 is 2.20 bits per heavy atom. The van der Waals surface area contributed by atoms with Gasteiger partial charge < -0.3 is 9.52 Å². The van der Waals surface area contributed by atoms with Crippen molar-refractivity contribution in [3.63, 3.8) is 0 Å². The summed E-state index contributed by atoms with van der Waals surface area (Å²) in [4.78, 5) is 14.5. The van der Waals surface area contributed by atoms with E-state index >= 15 is 0 Å². The molecule has 0 spiro atoms. The van der Waals surface area contributed by atoms with Gasteiger partial charge in [-0.3, -0.25) is 4.79 Å². The largest absolute Gasteiger partial charge is 0.481 e. The molecule has 1 aromatic heterocycles. The third-order valence-electron chi connectivity index (χ3n) is 1.87. The minimum atomic E-state index is -0.816. The van der Waals surface area contributed by atoms with Crippen molar-refractivity contribution in [2.24, 2.45) is 5.41 Å². The van der Waals surface area contributed by atoms with Gasteiger partial charge in [-0.15, -0.1) is 0 Å². The van der Waals surface area contributed by atoms with Crippen LogP contribution in [0.5, 0.6) is 0 Å². The smallest absolute Gasteiger partial charge is 0.303 e. The Morgan fingerprint density at radius 3 is 2.73 bits per heavy atom. The number of oxazole rings is 1. The van der Waals surface area contributed by atoms with E-state index in [0.717, 1.165) is 6.42 Å². The van der Waals surface area contributed by atoms with E-state index in [9.17, 15) is 4.79 Å². The molecule has 0 radical (unpaired) electrons. The normalized spacial score (nSPS) is 11.7. The molecule has 15 heavy (non-hydrogen) atoms. The van der Waals surface area contributed by atoms with Crippen LogP contribution in [0.25, 0.3) is 0 Å². The van der Waals surface area contributed by atoms with Gasteiger partial charge in [0.25, 0.3) is 0 Å². The minimum absolute atomic E-state index is 0.0875. The highest BCUT2D eigenvalue weighted by Gasteiger charge is 2.15. The summed E-state index contributed by atoms with van der Waals surface area (Å²) in [6, 6.07) is 0. The zero-order valence-electron chi connectivity index (χ0n) is 9.41. The Kier molecular flexibility index (Phi) is 3.50. The molecule has 0 unspecified atom stereocenters. The summed E-state index contributed by atoms with van der Waals surface area (Å²) < 4.78 is 5.44. The number of aryl methyl sites for hydroxylation is 1. The number of carboxylic acids is 1. The zero-order valence-corrected chi connectivity index (χ0v) is 9.41. The summed E-state index contributed by atoms with van der Waals surface area (Å²) in [5.74, 6) is 0.517. The number of aromatic nitrogens is 1. The van der Waals surface area contributed by atoms with E-state index in [1.807, 2.05) is 0 Å². The summed E-state index contributed by atoms with van der Waals surface area (Å²) in [5, 5.41) is 8.51. The second-order valence-corrected chi connectivity index (χ2v) is 4.85. The predicted octanol–water partition coefficient (Wildman–Crippen LogP) is 2.28. The quantitative estimate of drug-likeness (QED) is 0.829. The van der Waals surface area contributed by atoms with Gasteiger partial charge in [-0.05, 0) is 5.41 Å². The molecule has 0 atom stereocenters. The monoisotopic (exact) mass is 211 g/mol. The molecule has 0 aliphatic heterocycles. The van der Waals surface area contributed by atoms with Crippen LogP contribution in [0, 0.1) is 5.41 Å². The highest BCUT2D eigenvalue weighted by atomic mass is 16.4. The van der Waals surface area contributed by atoms with E-state index < -0.39 is 5.97 Å². The molecule has 0 saturated carbocycles. The van der Waals surface area contributed by atoms with Crippen molar-refractivity contribution in [1.29, 1.82) is 0 Å². The number of carboxylic acid groups (broad SMARTS) is 1. The molecule has 84 valence electrons. The molecule has 1 rings (SSSR count). The molecule has 4 nitrogen and oxygen atoms in total. The molecule has 0 saturated heterocycles. The molecule has 4 heteroatoms. The van der Waals surface area contributed by atoms with Gasteiger partial charge >= 0.3 is 5.97 Å². The molecule has 0 aliphatic rings. The van der Waals surface area contributed by atoms with Gasteiger partial charge in [0.15, 0.2) is 5.89 Å². The highest BCUT2D eigenvalue weighted by Crippen LogP contribution is 2.20. The summed E-state index contributed by atoms with van der Waals surface area (Å²) >= 11 is 0. The highest BCUT2D eigenvalue weighted by molar-refractivity contribution is 5.66. The van der Waals surface area contributed by atoms with Gasteiger partial charge in [0, 0.05) is 12.8 Å². The van der Waals surface area contributed by atoms with Gasteiger partial charge in [0.1, 0.15) is 5.76 Å². The van der Waals surface area contributed by atoms with E-state index in [2.05, 4.69) is 25.8 Å². The van der Waals surface area contributed by atoms with Crippen molar-refractivity contribution in [3.05, 3.63) is 17.8 Å². The Bertz CT molecular complexity index is 336. The first-order chi connectivity index (χ1) is 6.87. The molecular formula is C11H17NO3. The van der Waals surface area contributed by atoms with Crippen molar-refractivity contribution < 1.29 is 14.3 Å². The van der Waals surface area contributed by atoms with E-state index in [-0.39, 0.29) is 11.8 Å². The van der Waals surface area contributed by atoms with Crippen LogP contribution in [0.4, 0.5) is 0 Å². The number of carbonyl (C=O) groups is 1. The van der Waals surface area contributed by atoms with Crippen molar-refractivity contribution in [3.8, 4) is 0 Å². The summed E-state index contributed by atoms with van der Waals surface area (Å²) in [5.41, 5.74) is 0.134. The molecule has 0 aromatic carbocycles. The molecule has 0 fully saturated rings. The summed E-state index contributed by atoms with van der Waals surface area (Å²) in [6.07, 6.45) is 2.88. The lowest BCUT2D eigenvalue weighted by atomic mass is 9.92. The number of rotatable bonds is 4. The third-order valence-corrected chi connectivity index (χ3v) is 1.87. The summed E-state index contributed by atoms with van der Waals surface area (Å²) in [7, 11) is 0. The lowest BCUT2D eigenvalue weighted by Crippen LogP contribution is -2.09. The number of hydrogen-bond donors (Lipinski definition) is 1. The van der Waals surface area contributed by atoms with E-state index in [1.54, 1.807) is 6.20 Å². The lowest BCUT2D eigenvalue weighted by Gasteiger charge is -2.14. The van der Waals surface area contributed by atoms with E-state index in [1.165, 1.54) is 0 Å². The Balaban J connectivity index is 2.53. The molecule has 1 heterocycles. The maximum Gasteiger partial charge on any atom is 0.303 e. The zero-order chi connectivity index (χ0) is 11.5. The Hall–Kier alpha value is -1.32. The van der Waals surface area contributed by atoms with Crippen LogP contribution < -0.4 is 0 Å². The standard InChI is InChI=1S/C11H17NO3/c1-11(2,3)6-9-12-7-8(15-9)4-5-10(13)14/h7H,4-6H2,1-3H3,(H,13,14). The number of aliphatic carboxylic acids is 1. The van der Waals surface area contributed by atoms with Crippen molar-refractivity contribution in [1.82, 2.24) is 4.98 Å². The molecule has 0 aliphatic carbocycles. The minimum Gasteiger partial charge on any atom is -0.481 e. The third kappa shape index (κ3) is 4.63. The molecular weight excluding hydrogens is 194 g/mol. The van der Waals surface area contributed by atoms with E-state index in [4.69, 9.17) is 9.52 Å². The van der Waals surface area contributed by atoms with Crippen LogP contribution in [0.2, 0.25) is 0 Å². The lowest BCUT2D eigenvalue weighted by molar-refractivity contribution is -0.137. The van der Waals surface area contributed by atoms with Crippen molar-refractivity contribution in [2.75, 3.05) is 0 Å². The van der Waals surface area contributed by atoms with Gasteiger partial charge in [-0.2, -0.15) is 0 Å². The first-order valence-corrected chi connectivity index (χ1v) is 5.02. The SMILES string of the molecule is CC(C)(C)Cc1ncc(CCC(=O)O)o1. The van der Waals surface area contributed by atoms with Gasteiger partial charge in [0.2, 0.25) is 0 Å². The van der Waals surface area contributed by atoms with Crippen LogP contribution >= 0.6 is 0 Å². The Labute approximate surface area is 89.3 Å². The summed E-state index contributed by atoms with van der Waals surface area (Å²) in [6.45, 7) is 6.32. The molecule has 0 bridgehead atoms. The van der Waals surface area contributed by atoms with Crippen LogP contribution in [0.15, 0.2) is 10.6 Å². The van der Waals surface area contributed by atoms with Crippen LogP contribution in [0.1, 0.15) is 38.8 Å². The van der Waals surface area contributed by atoms with Crippen LogP contribution in [-0.2, 0) is 17.6 Å². The average Bonchev–Trinajstić information content (AvgIpc) is 2.45. The first-order valence-electron chi connectivity index (χ1n) is 5.02. The average molecular weight is 211 g/mol. The maximum absolute atomic E-state index is 10.3. The van der Waals surface area contributed by atoms with E-state index in [0.29, 0.717) is 18.1 Å². The topological polar surface area (TPSA) is 63.3 Å². The van der Waals surface area contributed by atoms with Crippen molar-refractivity contribution in [2.45, 2.75) is 40.0 Å². The first kappa shape index (κ1) is 11.8. The van der Waals surface area contributed by atoms with Gasteiger partial charge in [-0.1, -0.05) is 20.8 Å². The fourth-order valence-electron chi connectivity index (χ4n) is 1.23. The fourth-order valence-corrected chi connectivity index (χ4v) is 1.23. The van der Waals surface area contributed by atoms with Gasteiger partial charge in [-0.25, -0.2) is 4.98 Å². The molecule has 1 N–H and O–H groups in total. The number of nitrogens with zero attached hydrogens (tertiary/aromatic N) is 1. The van der Waals surface area contributed by atoms with Crippen molar-refractivity contribution >= 4 is 5.97 Å². The molecule has 1 aromatic rings. The molecule has 0 amide bonds. The van der Waals surface area contributed by atoms with Crippen LogP contribution in [-0.4, -0.2) is 16.1 Å². The number of hydrogen-bond acceptors (Lipinski definition) is 3. The Morgan fingerprint density at radius 1 is 1.53 bits per heavy atom.